The molecule has 1 aliphatic carbocycles. The molecule has 1 rings (SSSR count). The van der Waals surface area contributed by atoms with Gasteiger partial charge in [-0.05, 0) is 26.9 Å². The Hall–Kier alpha value is -1.14. The van der Waals surface area contributed by atoms with Crippen molar-refractivity contribution in [1.82, 2.24) is 10.2 Å². The van der Waals surface area contributed by atoms with Crippen molar-refractivity contribution >= 4 is 11.9 Å². The summed E-state index contributed by atoms with van der Waals surface area (Å²) < 4.78 is 5.38. The van der Waals surface area contributed by atoms with Crippen LogP contribution in [0, 0.1) is 5.41 Å². The van der Waals surface area contributed by atoms with E-state index in [0.717, 1.165) is 25.8 Å². The van der Waals surface area contributed by atoms with Crippen LogP contribution in [0.5, 0.6) is 0 Å². The largest absolute Gasteiger partial charge is 0.481 e. The average Bonchev–Trinajstić information content (AvgIpc) is 2.43. The van der Waals surface area contributed by atoms with Crippen molar-refractivity contribution in [2.24, 2.45) is 5.41 Å². The highest BCUT2D eigenvalue weighted by Crippen LogP contribution is 2.39. The Morgan fingerprint density at radius 3 is 2.43 bits per heavy atom. The highest BCUT2D eigenvalue weighted by atomic mass is 16.5. The van der Waals surface area contributed by atoms with Crippen molar-refractivity contribution in [3.63, 3.8) is 0 Å². The Morgan fingerprint density at radius 2 is 1.86 bits per heavy atom. The van der Waals surface area contributed by atoms with E-state index in [0.29, 0.717) is 32.6 Å². The van der Waals surface area contributed by atoms with Crippen LogP contribution in [0.2, 0.25) is 0 Å². The van der Waals surface area contributed by atoms with Gasteiger partial charge in [0, 0.05) is 19.5 Å². The Balaban J connectivity index is 2.24. The second-order valence-corrected chi connectivity index (χ2v) is 6.09. The number of carbonyl (C=O) groups is 2. The SMILES string of the molecule is CN(C)CCOCCNC(=O)CC1(C(=O)O)CCCCC1. The van der Waals surface area contributed by atoms with E-state index in [1.807, 2.05) is 19.0 Å². The Labute approximate surface area is 126 Å². The number of nitrogens with zero attached hydrogens (tertiary/aromatic N) is 1. The number of likely N-dealkylation sites (N-methyl/N-ethyl adjacent to an activating group) is 1. The zero-order chi connectivity index (χ0) is 15.7. The van der Waals surface area contributed by atoms with E-state index in [1.54, 1.807) is 0 Å². The van der Waals surface area contributed by atoms with Crippen LogP contribution in [-0.2, 0) is 14.3 Å². The lowest BCUT2D eigenvalue weighted by Gasteiger charge is -2.32. The molecule has 1 fully saturated rings. The zero-order valence-corrected chi connectivity index (χ0v) is 13.2. The highest BCUT2D eigenvalue weighted by molar-refractivity contribution is 5.85. The maximum Gasteiger partial charge on any atom is 0.310 e. The quantitative estimate of drug-likeness (QED) is 0.624. The molecule has 0 heterocycles. The van der Waals surface area contributed by atoms with Crippen LogP contribution >= 0.6 is 0 Å². The number of hydrogen-bond donors (Lipinski definition) is 2. The number of carboxylic acid groups (broad SMARTS) is 1. The predicted molar refractivity (Wildman–Crippen MR) is 80.2 cm³/mol. The molecule has 6 nitrogen and oxygen atoms in total. The summed E-state index contributed by atoms with van der Waals surface area (Å²) in [7, 11) is 3.95. The molecule has 1 aliphatic rings. The number of nitrogens with one attached hydrogen (secondary N) is 1. The van der Waals surface area contributed by atoms with Gasteiger partial charge in [0.15, 0.2) is 0 Å². The van der Waals surface area contributed by atoms with Crippen molar-refractivity contribution < 1.29 is 19.4 Å². The van der Waals surface area contributed by atoms with E-state index >= 15 is 0 Å². The van der Waals surface area contributed by atoms with E-state index < -0.39 is 11.4 Å². The first-order valence-electron chi connectivity index (χ1n) is 7.69. The topological polar surface area (TPSA) is 78.9 Å². The minimum absolute atomic E-state index is 0.0834. The van der Waals surface area contributed by atoms with Crippen LogP contribution in [0.25, 0.3) is 0 Å². The molecule has 0 aromatic rings. The van der Waals surface area contributed by atoms with Gasteiger partial charge in [0.1, 0.15) is 0 Å². The van der Waals surface area contributed by atoms with Crippen molar-refractivity contribution in [2.75, 3.05) is 40.4 Å². The summed E-state index contributed by atoms with van der Waals surface area (Å²) in [4.78, 5) is 25.4. The van der Waals surface area contributed by atoms with E-state index in [9.17, 15) is 14.7 Å². The third kappa shape index (κ3) is 6.44. The third-order valence-corrected chi connectivity index (χ3v) is 4.01. The number of carbonyl (C=O) groups excluding carboxylic acids is 1. The summed E-state index contributed by atoms with van der Waals surface area (Å²) in [6.07, 6.45) is 4.15. The van der Waals surface area contributed by atoms with Gasteiger partial charge in [0.25, 0.3) is 0 Å². The molecule has 0 spiro atoms. The zero-order valence-electron chi connectivity index (χ0n) is 13.2. The summed E-state index contributed by atoms with van der Waals surface area (Å²) in [6, 6.07) is 0. The van der Waals surface area contributed by atoms with Crippen LogP contribution in [0.1, 0.15) is 38.5 Å². The van der Waals surface area contributed by atoms with Crippen LogP contribution in [0.4, 0.5) is 0 Å². The highest BCUT2D eigenvalue weighted by Gasteiger charge is 2.41. The second-order valence-electron chi connectivity index (χ2n) is 6.09. The lowest BCUT2D eigenvalue weighted by atomic mass is 9.71. The van der Waals surface area contributed by atoms with Crippen LogP contribution < -0.4 is 5.32 Å². The van der Waals surface area contributed by atoms with E-state index in [2.05, 4.69) is 5.32 Å². The van der Waals surface area contributed by atoms with Crippen molar-refractivity contribution in [2.45, 2.75) is 38.5 Å². The Kier molecular flexibility index (Phi) is 7.67. The second kappa shape index (κ2) is 9.00. The van der Waals surface area contributed by atoms with E-state index in [1.165, 1.54) is 0 Å². The molecule has 1 saturated carbocycles. The number of amides is 1. The molecule has 0 bridgehead atoms. The molecule has 0 radical (unpaired) electrons. The molecule has 21 heavy (non-hydrogen) atoms. The van der Waals surface area contributed by atoms with Gasteiger partial charge in [0.2, 0.25) is 5.91 Å². The lowest BCUT2D eigenvalue weighted by Crippen LogP contribution is -2.40. The molecular formula is C15H28N2O4. The summed E-state index contributed by atoms with van der Waals surface area (Å²) in [5.74, 6) is -1.02. The van der Waals surface area contributed by atoms with Gasteiger partial charge in [-0.2, -0.15) is 0 Å². The standard InChI is InChI=1S/C15H28N2O4/c1-17(2)9-11-21-10-8-16-13(18)12-15(14(19)20)6-4-3-5-7-15/h3-12H2,1-2H3,(H,16,18)(H,19,20). The number of carboxylic acids is 1. The van der Waals surface area contributed by atoms with Crippen LogP contribution in [0.15, 0.2) is 0 Å². The molecule has 1 amide bonds. The molecule has 0 atom stereocenters. The van der Waals surface area contributed by atoms with Crippen LogP contribution in [-0.4, -0.2) is 62.3 Å². The minimum atomic E-state index is -0.853. The van der Waals surface area contributed by atoms with Crippen molar-refractivity contribution in [3.8, 4) is 0 Å². The first-order valence-corrected chi connectivity index (χ1v) is 7.69. The average molecular weight is 300 g/mol. The van der Waals surface area contributed by atoms with Gasteiger partial charge in [-0.1, -0.05) is 19.3 Å². The fraction of sp³-hybridized carbons (Fsp3) is 0.867. The third-order valence-electron chi connectivity index (χ3n) is 4.01. The fourth-order valence-corrected chi connectivity index (χ4v) is 2.68. The minimum Gasteiger partial charge on any atom is -0.481 e. The monoisotopic (exact) mass is 300 g/mol. The van der Waals surface area contributed by atoms with Gasteiger partial charge >= 0.3 is 5.97 Å². The van der Waals surface area contributed by atoms with E-state index in [4.69, 9.17) is 4.74 Å². The molecule has 0 aliphatic heterocycles. The number of ether oxygens (including phenoxy) is 1. The van der Waals surface area contributed by atoms with Gasteiger partial charge < -0.3 is 20.1 Å². The first-order chi connectivity index (χ1) is 9.96. The summed E-state index contributed by atoms with van der Waals surface area (Å²) in [5.41, 5.74) is -0.853. The van der Waals surface area contributed by atoms with Gasteiger partial charge in [-0.25, -0.2) is 0 Å². The normalized spacial score (nSPS) is 17.7. The molecule has 2 N–H and O–H groups in total. The summed E-state index contributed by atoms with van der Waals surface area (Å²) in [5, 5.41) is 12.2. The summed E-state index contributed by atoms with van der Waals surface area (Å²) in [6.45, 7) is 2.36. The maximum atomic E-state index is 11.9. The van der Waals surface area contributed by atoms with Crippen LogP contribution in [0.3, 0.4) is 0 Å². The molecule has 0 saturated heterocycles. The molecule has 0 aromatic heterocycles. The Morgan fingerprint density at radius 1 is 1.19 bits per heavy atom. The lowest BCUT2D eigenvalue weighted by molar-refractivity contribution is -0.154. The summed E-state index contributed by atoms with van der Waals surface area (Å²) >= 11 is 0. The number of hydrogen-bond acceptors (Lipinski definition) is 4. The van der Waals surface area contributed by atoms with Gasteiger partial charge in [0.05, 0.1) is 18.6 Å². The smallest absolute Gasteiger partial charge is 0.310 e. The number of aliphatic carboxylic acids is 1. The molecule has 0 unspecified atom stereocenters. The first kappa shape index (κ1) is 17.9. The van der Waals surface area contributed by atoms with Crippen molar-refractivity contribution in [1.29, 1.82) is 0 Å². The molecule has 6 heteroatoms. The van der Waals surface area contributed by atoms with E-state index in [-0.39, 0.29) is 12.3 Å². The van der Waals surface area contributed by atoms with Crippen molar-refractivity contribution in [3.05, 3.63) is 0 Å². The van der Waals surface area contributed by atoms with Gasteiger partial charge in [-0.3, -0.25) is 9.59 Å². The molecule has 0 aromatic carbocycles. The molecule has 122 valence electrons. The molecular weight excluding hydrogens is 272 g/mol. The maximum absolute atomic E-state index is 11.9. The predicted octanol–water partition coefficient (Wildman–Crippen LogP) is 1.11. The Bertz CT molecular complexity index is 339. The van der Waals surface area contributed by atoms with Gasteiger partial charge in [-0.15, -0.1) is 0 Å². The number of rotatable bonds is 9. The fourth-order valence-electron chi connectivity index (χ4n) is 2.68.